The number of nitrogens with zero attached hydrogens (tertiary/aromatic N) is 2. The van der Waals surface area contributed by atoms with Crippen LogP contribution in [0.25, 0.3) is 0 Å². The highest BCUT2D eigenvalue weighted by Gasteiger charge is 2.36. The number of hydrogen-bond donors (Lipinski definition) is 1. The lowest BCUT2D eigenvalue weighted by Gasteiger charge is -2.36. The van der Waals surface area contributed by atoms with Gasteiger partial charge in [-0.1, -0.05) is 18.2 Å². The summed E-state index contributed by atoms with van der Waals surface area (Å²) in [5.74, 6) is 0.484. The van der Waals surface area contributed by atoms with Gasteiger partial charge in [-0.25, -0.2) is 9.37 Å². The number of aromatic amines is 1. The van der Waals surface area contributed by atoms with Crippen LogP contribution in [0.5, 0.6) is 11.5 Å². The fraction of sp³-hybridized carbons (Fsp3) is 0.273. The molecule has 1 aliphatic heterocycles. The Morgan fingerprint density at radius 3 is 2.76 bits per heavy atom. The fourth-order valence-corrected chi connectivity index (χ4v) is 3.67. The largest absolute Gasteiger partial charge is 0.497 e. The number of fused-ring (bicyclic) bond motifs is 1. The topological polar surface area (TPSA) is 67.5 Å². The first-order valence-corrected chi connectivity index (χ1v) is 9.45. The molecule has 0 saturated carbocycles. The molecule has 29 heavy (non-hydrogen) atoms. The maximum Gasteiger partial charge on any atom is 0.264 e. The number of methoxy groups -OCH3 is 1. The number of carbonyl (C=O) groups is 1. The van der Waals surface area contributed by atoms with Crippen LogP contribution in [0.2, 0.25) is 0 Å². The van der Waals surface area contributed by atoms with Crippen LogP contribution in [0.4, 0.5) is 4.39 Å². The van der Waals surface area contributed by atoms with E-state index in [1.807, 2.05) is 24.3 Å². The van der Waals surface area contributed by atoms with Gasteiger partial charge in [0.15, 0.2) is 6.10 Å². The molecule has 0 aliphatic carbocycles. The smallest absolute Gasteiger partial charge is 0.264 e. The summed E-state index contributed by atoms with van der Waals surface area (Å²) < 4.78 is 24.4. The Balaban J connectivity index is 1.62. The number of rotatable bonds is 5. The molecule has 2 unspecified atom stereocenters. The summed E-state index contributed by atoms with van der Waals surface area (Å²) in [7, 11) is 1.61. The lowest BCUT2D eigenvalue weighted by Crippen LogP contribution is -2.46. The molecule has 4 rings (SSSR count). The minimum absolute atomic E-state index is 0.177. The van der Waals surface area contributed by atoms with Crippen LogP contribution in [0.1, 0.15) is 29.9 Å². The number of benzene rings is 2. The molecule has 2 aromatic carbocycles. The molecule has 0 radical (unpaired) electrons. The number of carbonyl (C=O) groups excluding carboxylic acids is 1. The second-order valence-corrected chi connectivity index (χ2v) is 6.94. The van der Waals surface area contributed by atoms with Gasteiger partial charge in [0.1, 0.15) is 23.4 Å². The molecule has 2 atom stereocenters. The van der Waals surface area contributed by atoms with Gasteiger partial charge in [0.2, 0.25) is 0 Å². The molecule has 0 bridgehead atoms. The Labute approximate surface area is 168 Å². The maximum absolute atomic E-state index is 13.5. The van der Waals surface area contributed by atoms with Crippen molar-refractivity contribution in [3.05, 3.63) is 77.6 Å². The van der Waals surface area contributed by atoms with Crippen molar-refractivity contribution < 1.29 is 18.7 Å². The van der Waals surface area contributed by atoms with E-state index in [2.05, 4.69) is 9.97 Å². The van der Waals surface area contributed by atoms with Gasteiger partial charge < -0.3 is 19.4 Å². The average molecular weight is 395 g/mol. The highest BCUT2D eigenvalue weighted by molar-refractivity contribution is 5.82. The number of nitrogens with one attached hydrogen (secondary N) is 1. The van der Waals surface area contributed by atoms with Crippen LogP contribution in [0, 0.1) is 5.82 Å². The molecule has 1 amide bonds. The van der Waals surface area contributed by atoms with E-state index < -0.39 is 11.9 Å². The van der Waals surface area contributed by atoms with Gasteiger partial charge in [-0.05, 0) is 36.8 Å². The zero-order valence-corrected chi connectivity index (χ0v) is 16.3. The van der Waals surface area contributed by atoms with Crippen molar-refractivity contribution in [2.45, 2.75) is 25.5 Å². The summed E-state index contributed by atoms with van der Waals surface area (Å²) in [5, 5.41) is 0. The number of hydrogen-bond acceptors (Lipinski definition) is 4. The molecule has 6 nitrogen and oxygen atoms in total. The Kier molecular flexibility index (Phi) is 5.20. The van der Waals surface area contributed by atoms with Crippen molar-refractivity contribution in [1.82, 2.24) is 14.9 Å². The first-order chi connectivity index (χ1) is 14.1. The van der Waals surface area contributed by atoms with Crippen molar-refractivity contribution >= 4 is 5.91 Å². The third-order valence-electron chi connectivity index (χ3n) is 5.10. The maximum atomic E-state index is 13.5. The Hall–Kier alpha value is -3.35. The lowest BCUT2D eigenvalue weighted by atomic mass is 9.95. The summed E-state index contributed by atoms with van der Waals surface area (Å²) in [6.45, 7) is 2.21. The highest BCUT2D eigenvalue weighted by atomic mass is 19.1. The number of amides is 1. The van der Waals surface area contributed by atoms with Gasteiger partial charge in [0.05, 0.1) is 19.1 Å². The molecule has 0 fully saturated rings. The third-order valence-corrected chi connectivity index (χ3v) is 5.10. The van der Waals surface area contributed by atoms with E-state index in [0.717, 1.165) is 22.7 Å². The van der Waals surface area contributed by atoms with Crippen molar-refractivity contribution in [1.29, 1.82) is 0 Å². The van der Waals surface area contributed by atoms with E-state index in [0.29, 0.717) is 18.7 Å². The standard InChI is InChI=1S/C22H22FN3O3/c1-14(29-18-5-3-4-16(23)12-18)22(27)26-11-10-19-20(25-13-24-19)21(26)15-6-8-17(28-2)9-7-15/h3-9,12-14,21H,10-11H2,1-2H3,(H,24,25). The molecule has 0 saturated heterocycles. The van der Waals surface area contributed by atoms with Crippen molar-refractivity contribution in [2.75, 3.05) is 13.7 Å². The van der Waals surface area contributed by atoms with E-state index in [1.54, 1.807) is 37.4 Å². The molecule has 1 N–H and O–H groups in total. The summed E-state index contributed by atoms with van der Waals surface area (Å²) >= 11 is 0. The number of H-pyrrole nitrogens is 1. The van der Waals surface area contributed by atoms with Crippen LogP contribution in [0.15, 0.2) is 54.9 Å². The van der Waals surface area contributed by atoms with Gasteiger partial charge in [0.25, 0.3) is 5.91 Å². The minimum atomic E-state index is -0.766. The molecule has 150 valence electrons. The van der Waals surface area contributed by atoms with Crippen molar-refractivity contribution in [2.24, 2.45) is 0 Å². The predicted molar refractivity (Wildman–Crippen MR) is 105 cm³/mol. The van der Waals surface area contributed by atoms with Gasteiger partial charge in [-0.3, -0.25) is 4.79 Å². The molecule has 2 heterocycles. The van der Waals surface area contributed by atoms with E-state index in [1.165, 1.54) is 12.1 Å². The predicted octanol–water partition coefficient (Wildman–Crippen LogP) is 3.50. The minimum Gasteiger partial charge on any atom is -0.497 e. The highest BCUT2D eigenvalue weighted by Crippen LogP contribution is 2.34. The fourth-order valence-electron chi connectivity index (χ4n) is 3.67. The summed E-state index contributed by atoms with van der Waals surface area (Å²) in [5.41, 5.74) is 2.78. The first-order valence-electron chi connectivity index (χ1n) is 9.45. The van der Waals surface area contributed by atoms with Gasteiger partial charge >= 0.3 is 0 Å². The van der Waals surface area contributed by atoms with E-state index >= 15 is 0 Å². The molecular formula is C22H22FN3O3. The molecule has 1 aromatic heterocycles. The number of halogens is 1. The summed E-state index contributed by atoms with van der Waals surface area (Å²) in [6.07, 6.45) is 1.57. The monoisotopic (exact) mass is 395 g/mol. The normalized spacial score (nSPS) is 16.8. The number of imidazole rings is 1. The molecule has 7 heteroatoms. The summed E-state index contributed by atoms with van der Waals surface area (Å²) in [6, 6.07) is 13.1. The van der Waals surface area contributed by atoms with Crippen LogP contribution in [-0.4, -0.2) is 40.5 Å². The average Bonchev–Trinajstić information content (AvgIpc) is 3.21. The zero-order chi connectivity index (χ0) is 20.4. The van der Waals surface area contributed by atoms with Gasteiger partial charge in [0, 0.05) is 24.7 Å². The second kappa shape index (κ2) is 7.95. The van der Waals surface area contributed by atoms with Crippen molar-refractivity contribution in [3.8, 4) is 11.5 Å². The molecule has 3 aromatic rings. The first kappa shape index (κ1) is 19.0. The SMILES string of the molecule is COc1ccc(C2c3nc[nH]c3CCN2C(=O)C(C)Oc2cccc(F)c2)cc1. The van der Waals surface area contributed by atoms with Gasteiger partial charge in [-0.15, -0.1) is 0 Å². The molecule has 1 aliphatic rings. The van der Waals surface area contributed by atoms with Crippen LogP contribution in [-0.2, 0) is 11.2 Å². The number of ether oxygens (including phenoxy) is 2. The van der Waals surface area contributed by atoms with Crippen molar-refractivity contribution in [3.63, 3.8) is 0 Å². The van der Waals surface area contributed by atoms with Crippen LogP contribution >= 0.6 is 0 Å². The Morgan fingerprint density at radius 2 is 2.03 bits per heavy atom. The van der Waals surface area contributed by atoms with E-state index in [4.69, 9.17) is 9.47 Å². The number of aromatic nitrogens is 2. The van der Waals surface area contributed by atoms with Crippen LogP contribution < -0.4 is 9.47 Å². The Bertz CT molecular complexity index is 1000. The van der Waals surface area contributed by atoms with E-state index in [-0.39, 0.29) is 11.9 Å². The summed E-state index contributed by atoms with van der Waals surface area (Å²) in [4.78, 5) is 22.7. The second-order valence-electron chi connectivity index (χ2n) is 6.94. The quantitative estimate of drug-likeness (QED) is 0.718. The van der Waals surface area contributed by atoms with Crippen LogP contribution in [0.3, 0.4) is 0 Å². The Morgan fingerprint density at radius 1 is 1.24 bits per heavy atom. The van der Waals surface area contributed by atoms with E-state index in [9.17, 15) is 9.18 Å². The third kappa shape index (κ3) is 3.81. The van der Waals surface area contributed by atoms with Gasteiger partial charge in [-0.2, -0.15) is 0 Å². The molecular weight excluding hydrogens is 373 g/mol. The lowest BCUT2D eigenvalue weighted by molar-refractivity contribution is -0.140. The molecule has 0 spiro atoms. The zero-order valence-electron chi connectivity index (χ0n) is 16.3.